The zero-order chi connectivity index (χ0) is 22.8. The summed E-state index contributed by atoms with van der Waals surface area (Å²) in [5.74, 6) is -1.51. The van der Waals surface area contributed by atoms with Crippen LogP contribution < -0.4 is 15.2 Å². The Labute approximate surface area is 182 Å². The van der Waals surface area contributed by atoms with Gasteiger partial charge in [-0.2, -0.15) is 5.26 Å². The molecule has 0 aliphatic rings. The normalized spacial score (nSPS) is 11.3. The number of carbonyl (C=O) groups is 2. The van der Waals surface area contributed by atoms with Gasteiger partial charge in [-0.25, -0.2) is 4.79 Å². The summed E-state index contributed by atoms with van der Waals surface area (Å²) in [6.45, 7) is 5.61. The van der Waals surface area contributed by atoms with E-state index in [2.05, 4.69) is 5.32 Å². The molecule has 164 valence electrons. The molecule has 0 aliphatic carbocycles. The summed E-state index contributed by atoms with van der Waals surface area (Å²) in [6.07, 6.45) is 2.19. The third kappa shape index (κ3) is 6.48. The van der Waals surface area contributed by atoms with Gasteiger partial charge in [0, 0.05) is 11.3 Å². The van der Waals surface area contributed by atoms with E-state index in [1.807, 2.05) is 26.0 Å². The maximum absolute atomic E-state index is 12.1. The van der Waals surface area contributed by atoms with Gasteiger partial charge in [0.1, 0.15) is 5.75 Å². The summed E-state index contributed by atoms with van der Waals surface area (Å²) < 4.78 is 10.7. The molecule has 0 heterocycles. The third-order valence-corrected chi connectivity index (χ3v) is 4.69. The van der Waals surface area contributed by atoms with E-state index in [9.17, 15) is 14.7 Å². The Balaban J connectivity index is 2.50. The fraction of sp³-hybridized carbons (Fsp3) is 0.375. The van der Waals surface area contributed by atoms with Crippen LogP contribution in [0, 0.1) is 11.3 Å². The zero-order valence-electron chi connectivity index (χ0n) is 18.1. The van der Waals surface area contributed by atoms with Crippen molar-refractivity contribution in [3.63, 3.8) is 0 Å². The van der Waals surface area contributed by atoms with Crippen LogP contribution in [-0.4, -0.2) is 25.2 Å². The number of ether oxygens (including phenoxy) is 2. The molecule has 0 aromatic heterocycles. The number of hydrogen-bond donors (Lipinski definition) is 1. The van der Waals surface area contributed by atoms with E-state index in [1.54, 1.807) is 37.3 Å². The molecular weight excluding hydrogens is 396 g/mol. The molecular formula is C24H27N2O5-. The number of anilines is 1. The van der Waals surface area contributed by atoms with Crippen molar-refractivity contribution in [1.82, 2.24) is 0 Å². The van der Waals surface area contributed by atoms with Crippen LogP contribution in [-0.2, 0) is 27.2 Å². The number of rotatable bonds is 11. The number of carbonyl (C=O) groups excluding carboxylic acids is 2. The SMILES string of the molecule is CCCc1cc(CC)cc(C(Nc2ccc(C#N)cc2)C(=O)[O-])c1OCC(=O)OCC. The molecule has 31 heavy (non-hydrogen) atoms. The van der Waals surface area contributed by atoms with Crippen molar-refractivity contribution < 1.29 is 24.2 Å². The number of aryl methyl sites for hydroxylation is 2. The van der Waals surface area contributed by atoms with Crippen molar-refractivity contribution in [3.05, 3.63) is 58.7 Å². The van der Waals surface area contributed by atoms with Gasteiger partial charge in [-0.1, -0.05) is 26.3 Å². The number of benzene rings is 2. The third-order valence-electron chi connectivity index (χ3n) is 4.69. The average Bonchev–Trinajstić information content (AvgIpc) is 2.76. The van der Waals surface area contributed by atoms with Gasteiger partial charge in [-0.05, 0) is 61.2 Å². The van der Waals surface area contributed by atoms with Crippen molar-refractivity contribution in [3.8, 4) is 11.8 Å². The number of carboxylic acids is 1. The molecule has 0 fully saturated rings. The lowest BCUT2D eigenvalue weighted by Gasteiger charge is -2.26. The predicted octanol–water partition coefficient (Wildman–Crippen LogP) is 2.92. The Kier molecular flexibility index (Phi) is 8.89. The van der Waals surface area contributed by atoms with E-state index >= 15 is 0 Å². The highest BCUT2D eigenvalue weighted by molar-refractivity contribution is 5.79. The van der Waals surface area contributed by atoms with E-state index in [4.69, 9.17) is 14.7 Å². The predicted molar refractivity (Wildman–Crippen MR) is 114 cm³/mol. The molecule has 2 aromatic carbocycles. The second-order valence-electron chi connectivity index (χ2n) is 6.96. The maximum atomic E-state index is 12.1. The van der Waals surface area contributed by atoms with Crippen molar-refractivity contribution in [1.29, 1.82) is 5.26 Å². The molecule has 0 saturated heterocycles. The summed E-state index contributed by atoms with van der Waals surface area (Å²) in [5.41, 5.74) is 3.15. The van der Waals surface area contributed by atoms with Crippen molar-refractivity contribution in [2.24, 2.45) is 0 Å². The lowest BCUT2D eigenvalue weighted by Crippen LogP contribution is -2.35. The first kappa shape index (κ1) is 23.7. The van der Waals surface area contributed by atoms with E-state index < -0.39 is 18.0 Å². The molecule has 7 heteroatoms. The van der Waals surface area contributed by atoms with Gasteiger partial charge in [0.25, 0.3) is 0 Å². The smallest absolute Gasteiger partial charge is 0.344 e. The summed E-state index contributed by atoms with van der Waals surface area (Å²) in [7, 11) is 0. The van der Waals surface area contributed by atoms with Crippen LogP contribution in [0.4, 0.5) is 5.69 Å². The average molecular weight is 423 g/mol. The first-order valence-electron chi connectivity index (χ1n) is 10.3. The highest BCUT2D eigenvalue weighted by atomic mass is 16.6. The van der Waals surface area contributed by atoms with Crippen molar-refractivity contribution in [2.75, 3.05) is 18.5 Å². The lowest BCUT2D eigenvalue weighted by molar-refractivity contribution is -0.307. The minimum atomic E-state index is -1.33. The second kappa shape index (κ2) is 11.6. The van der Waals surface area contributed by atoms with Gasteiger partial charge in [-0.15, -0.1) is 0 Å². The van der Waals surface area contributed by atoms with Gasteiger partial charge >= 0.3 is 5.97 Å². The van der Waals surface area contributed by atoms with E-state index in [0.29, 0.717) is 35.4 Å². The molecule has 7 nitrogen and oxygen atoms in total. The lowest BCUT2D eigenvalue weighted by atomic mass is 9.95. The fourth-order valence-corrected chi connectivity index (χ4v) is 3.24. The van der Waals surface area contributed by atoms with Crippen LogP contribution >= 0.6 is 0 Å². The van der Waals surface area contributed by atoms with Gasteiger partial charge in [0.2, 0.25) is 0 Å². The summed E-state index contributed by atoms with van der Waals surface area (Å²) in [4.78, 5) is 24.0. The molecule has 0 spiro atoms. The van der Waals surface area contributed by atoms with Gasteiger partial charge < -0.3 is 24.7 Å². The first-order valence-corrected chi connectivity index (χ1v) is 10.3. The van der Waals surface area contributed by atoms with Gasteiger partial charge in [-0.3, -0.25) is 0 Å². The van der Waals surface area contributed by atoms with Crippen molar-refractivity contribution >= 4 is 17.6 Å². The summed E-state index contributed by atoms with van der Waals surface area (Å²) >= 11 is 0. The summed E-state index contributed by atoms with van der Waals surface area (Å²) in [6, 6.07) is 11.0. The molecule has 0 bridgehead atoms. The number of hydrogen-bond acceptors (Lipinski definition) is 7. The number of nitriles is 1. The second-order valence-corrected chi connectivity index (χ2v) is 6.96. The number of nitrogens with one attached hydrogen (secondary N) is 1. The van der Waals surface area contributed by atoms with Crippen LogP contribution in [0.25, 0.3) is 0 Å². The van der Waals surface area contributed by atoms with Crippen LogP contribution in [0.3, 0.4) is 0 Å². The van der Waals surface area contributed by atoms with E-state index in [0.717, 1.165) is 17.5 Å². The molecule has 0 amide bonds. The highest BCUT2D eigenvalue weighted by Gasteiger charge is 2.22. The van der Waals surface area contributed by atoms with Crippen LogP contribution in [0.2, 0.25) is 0 Å². The minimum absolute atomic E-state index is 0.230. The molecule has 2 aromatic rings. The number of nitrogens with zero attached hydrogens (tertiary/aromatic N) is 1. The molecule has 2 rings (SSSR count). The molecule has 1 N–H and O–H groups in total. The molecule has 0 saturated carbocycles. The van der Waals surface area contributed by atoms with Crippen molar-refractivity contribution in [2.45, 2.75) is 46.1 Å². The Bertz CT molecular complexity index is 948. The topological polar surface area (TPSA) is 111 Å². The molecule has 0 radical (unpaired) electrons. The maximum Gasteiger partial charge on any atom is 0.344 e. The van der Waals surface area contributed by atoms with Crippen LogP contribution in [0.15, 0.2) is 36.4 Å². The zero-order valence-corrected chi connectivity index (χ0v) is 18.1. The molecule has 1 unspecified atom stereocenters. The van der Waals surface area contributed by atoms with Gasteiger partial charge in [0.15, 0.2) is 6.61 Å². The Morgan fingerprint density at radius 1 is 1.16 bits per heavy atom. The first-order chi connectivity index (χ1) is 14.9. The van der Waals surface area contributed by atoms with Gasteiger partial charge in [0.05, 0.1) is 30.3 Å². The Morgan fingerprint density at radius 2 is 1.87 bits per heavy atom. The number of aliphatic carboxylic acids is 1. The van der Waals surface area contributed by atoms with Crippen LogP contribution in [0.1, 0.15) is 55.5 Å². The summed E-state index contributed by atoms with van der Waals surface area (Å²) in [5, 5.41) is 24.0. The largest absolute Gasteiger partial charge is 0.548 e. The number of carboxylic acid groups (broad SMARTS) is 1. The quantitative estimate of drug-likeness (QED) is 0.553. The Morgan fingerprint density at radius 3 is 2.42 bits per heavy atom. The molecule has 1 atom stereocenters. The number of esters is 1. The highest BCUT2D eigenvalue weighted by Crippen LogP contribution is 2.34. The van der Waals surface area contributed by atoms with Crippen LogP contribution in [0.5, 0.6) is 5.75 Å². The minimum Gasteiger partial charge on any atom is -0.548 e. The monoisotopic (exact) mass is 423 g/mol. The Hall–Kier alpha value is -3.53. The fourth-order valence-electron chi connectivity index (χ4n) is 3.24. The molecule has 0 aliphatic heterocycles. The van der Waals surface area contributed by atoms with E-state index in [-0.39, 0.29) is 13.2 Å². The van der Waals surface area contributed by atoms with E-state index in [1.165, 1.54) is 0 Å². The standard InChI is InChI=1S/C24H28N2O5/c1-4-7-18-12-16(5-2)13-20(23(18)31-15-21(27)30-6-3)22(24(28)29)26-19-10-8-17(14-25)9-11-19/h8-13,22,26H,4-7,15H2,1-3H3,(H,28,29)/p-1.